The van der Waals surface area contributed by atoms with Crippen molar-refractivity contribution in [1.82, 2.24) is 5.09 Å². The van der Waals surface area contributed by atoms with Crippen LogP contribution in [0, 0.1) is 0 Å². The maximum Gasteiger partial charge on any atom is 0.231 e. The molecule has 0 saturated carbocycles. The molecule has 0 aliphatic rings. The molecule has 5 nitrogen and oxygen atoms in total. The Morgan fingerprint density at radius 3 is 2.33 bits per heavy atom. The van der Waals surface area contributed by atoms with Gasteiger partial charge in [0.25, 0.3) is 0 Å². The first-order valence-electron chi connectivity index (χ1n) is 2.13. The Hall–Kier alpha value is -0.380. The van der Waals surface area contributed by atoms with Crippen molar-refractivity contribution < 1.29 is 18.8 Å². The number of nitrogens with one attached hydrogen (secondary N) is 1. The Balaban J connectivity index is 3.88. The lowest BCUT2D eigenvalue weighted by atomic mass is 10.8. The van der Waals surface area contributed by atoms with Crippen LogP contribution in [0.25, 0.3) is 0 Å². The molecule has 0 aliphatic heterocycles. The highest BCUT2D eigenvalue weighted by Gasteiger charge is 2.04. The summed E-state index contributed by atoms with van der Waals surface area (Å²) in [6.07, 6.45) is 0. The second kappa shape index (κ2) is 2.96. The van der Waals surface area contributed by atoms with Crippen LogP contribution in [0.1, 0.15) is 6.92 Å². The van der Waals surface area contributed by atoms with Gasteiger partial charge in [-0.3, -0.25) is 14.4 Å². The van der Waals surface area contributed by atoms with Crippen LogP contribution in [0.3, 0.4) is 0 Å². The van der Waals surface area contributed by atoms with Crippen molar-refractivity contribution in [3.63, 3.8) is 0 Å². The highest BCUT2D eigenvalue weighted by molar-refractivity contribution is 7.49. The summed E-state index contributed by atoms with van der Waals surface area (Å²) in [6.45, 7) is 1.09. The fraction of sp³-hybridized carbons (Fsp3) is 0.667. The van der Waals surface area contributed by atoms with Crippen molar-refractivity contribution in [3.8, 4) is 0 Å². The Morgan fingerprint density at radius 2 is 2.22 bits per heavy atom. The lowest BCUT2D eigenvalue weighted by molar-refractivity contribution is -0.199. The summed E-state index contributed by atoms with van der Waals surface area (Å²) in [5.41, 5.74) is 0. The van der Waals surface area contributed by atoms with E-state index in [-0.39, 0.29) is 0 Å². The standard InChI is InChI=1S/C3H8NO4P/c1-3(5)4-9(6,7)8-2/h1-2H3,(H2,4,5,6,7)/p-1. The fourth-order valence-electron chi connectivity index (χ4n) is 0.238. The summed E-state index contributed by atoms with van der Waals surface area (Å²) in [4.78, 5) is 20.3. The quantitative estimate of drug-likeness (QED) is 0.527. The molecule has 0 rings (SSSR count). The molecular formula is C3H7NO4P-. The number of rotatable bonds is 2. The molecule has 54 valence electrons. The maximum atomic E-state index is 10.3. The average molecular weight is 152 g/mol. The van der Waals surface area contributed by atoms with E-state index >= 15 is 0 Å². The third-order valence-electron chi connectivity index (χ3n) is 0.535. The molecule has 0 fully saturated rings. The summed E-state index contributed by atoms with van der Waals surface area (Å²) in [7, 11) is -3.10. The van der Waals surface area contributed by atoms with E-state index in [1.807, 2.05) is 0 Å². The van der Waals surface area contributed by atoms with Gasteiger partial charge in [0.15, 0.2) is 0 Å². The molecular weight excluding hydrogens is 145 g/mol. The molecule has 0 spiro atoms. The van der Waals surface area contributed by atoms with Gasteiger partial charge in [0.1, 0.15) is 0 Å². The molecule has 1 atom stereocenters. The first kappa shape index (κ1) is 8.62. The average Bonchev–Trinajstić information content (AvgIpc) is 1.63. The smallest absolute Gasteiger partial charge is 0.231 e. The molecule has 6 heteroatoms. The van der Waals surface area contributed by atoms with Crippen molar-refractivity contribution in [2.45, 2.75) is 6.92 Å². The fourth-order valence-corrected chi connectivity index (χ4v) is 0.715. The lowest BCUT2D eigenvalue weighted by Crippen LogP contribution is -2.24. The number of carbonyl (C=O) groups excluding carboxylic acids is 1. The van der Waals surface area contributed by atoms with Crippen molar-refractivity contribution in [3.05, 3.63) is 0 Å². The second-order valence-electron chi connectivity index (χ2n) is 1.35. The Bertz CT molecular complexity index is 156. The van der Waals surface area contributed by atoms with E-state index in [2.05, 4.69) is 4.52 Å². The van der Waals surface area contributed by atoms with Crippen molar-refractivity contribution in [2.75, 3.05) is 7.11 Å². The van der Waals surface area contributed by atoms with Gasteiger partial charge in [-0.15, -0.1) is 0 Å². The van der Waals surface area contributed by atoms with E-state index in [1.165, 1.54) is 0 Å². The Kier molecular flexibility index (Phi) is 2.84. The van der Waals surface area contributed by atoms with E-state index < -0.39 is 13.7 Å². The monoisotopic (exact) mass is 152 g/mol. The normalized spacial score (nSPS) is 16.3. The van der Waals surface area contributed by atoms with Crippen LogP contribution in [0.5, 0.6) is 0 Å². The summed E-state index contributed by atoms with van der Waals surface area (Å²) < 4.78 is 14.2. The highest BCUT2D eigenvalue weighted by atomic mass is 31.2. The predicted octanol–water partition coefficient (Wildman–Crippen LogP) is -0.763. The number of hydrogen-bond acceptors (Lipinski definition) is 4. The molecule has 0 bridgehead atoms. The summed E-state index contributed by atoms with van der Waals surface area (Å²) in [5.74, 6) is -0.657. The molecule has 0 saturated heterocycles. The summed E-state index contributed by atoms with van der Waals surface area (Å²) in [6, 6.07) is 0. The predicted molar refractivity (Wildman–Crippen MR) is 28.4 cm³/mol. The summed E-state index contributed by atoms with van der Waals surface area (Å²) in [5, 5.41) is 1.61. The lowest BCUT2D eigenvalue weighted by Gasteiger charge is -2.19. The van der Waals surface area contributed by atoms with Gasteiger partial charge in [-0.05, 0) is 0 Å². The maximum absolute atomic E-state index is 10.3. The van der Waals surface area contributed by atoms with Gasteiger partial charge in [-0.1, -0.05) is 0 Å². The van der Waals surface area contributed by atoms with Crippen LogP contribution in [-0.2, 0) is 13.9 Å². The molecule has 0 radical (unpaired) electrons. The van der Waals surface area contributed by atoms with E-state index in [4.69, 9.17) is 0 Å². The number of amides is 1. The second-order valence-corrected chi connectivity index (χ2v) is 2.93. The van der Waals surface area contributed by atoms with Crippen LogP contribution in [0.15, 0.2) is 0 Å². The van der Waals surface area contributed by atoms with Gasteiger partial charge in [0.2, 0.25) is 13.7 Å². The largest absolute Gasteiger partial charge is 0.762 e. The minimum atomic E-state index is -4.08. The molecule has 1 unspecified atom stereocenters. The number of hydrogen-bond donors (Lipinski definition) is 1. The van der Waals surface area contributed by atoms with Gasteiger partial charge >= 0.3 is 0 Å². The van der Waals surface area contributed by atoms with Gasteiger partial charge < -0.3 is 9.42 Å². The molecule has 1 N–H and O–H groups in total. The van der Waals surface area contributed by atoms with Gasteiger partial charge in [0, 0.05) is 14.0 Å². The number of carbonyl (C=O) groups is 1. The zero-order valence-corrected chi connectivity index (χ0v) is 5.97. The SMILES string of the molecule is COP(=O)([O-])NC(C)=O. The van der Waals surface area contributed by atoms with Gasteiger partial charge in [-0.2, -0.15) is 0 Å². The molecule has 0 heterocycles. The zero-order chi connectivity index (χ0) is 7.49. The van der Waals surface area contributed by atoms with Crippen LogP contribution < -0.4 is 9.98 Å². The third-order valence-corrected chi connectivity index (χ3v) is 1.60. The van der Waals surface area contributed by atoms with Crippen LogP contribution in [0.4, 0.5) is 0 Å². The van der Waals surface area contributed by atoms with E-state index in [0.717, 1.165) is 14.0 Å². The molecule has 9 heavy (non-hydrogen) atoms. The first-order valence-corrected chi connectivity index (χ1v) is 3.68. The summed E-state index contributed by atoms with van der Waals surface area (Å²) >= 11 is 0. The zero-order valence-electron chi connectivity index (χ0n) is 5.08. The van der Waals surface area contributed by atoms with Crippen molar-refractivity contribution in [1.29, 1.82) is 0 Å². The molecule has 0 aromatic carbocycles. The molecule has 1 amide bonds. The highest BCUT2D eigenvalue weighted by Crippen LogP contribution is 2.28. The minimum absolute atomic E-state index is 0.657. The Morgan fingerprint density at radius 1 is 1.78 bits per heavy atom. The Labute approximate surface area is 52.6 Å². The van der Waals surface area contributed by atoms with Crippen molar-refractivity contribution >= 4 is 13.7 Å². The molecule has 0 aromatic rings. The van der Waals surface area contributed by atoms with Crippen LogP contribution in [0.2, 0.25) is 0 Å². The van der Waals surface area contributed by atoms with E-state index in [0.29, 0.717) is 0 Å². The molecule has 0 aliphatic carbocycles. The van der Waals surface area contributed by atoms with Gasteiger partial charge in [0.05, 0.1) is 0 Å². The van der Waals surface area contributed by atoms with Crippen LogP contribution >= 0.6 is 7.75 Å². The topological polar surface area (TPSA) is 78.5 Å². The minimum Gasteiger partial charge on any atom is -0.762 e. The van der Waals surface area contributed by atoms with Crippen molar-refractivity contribution in [2.24, 2.45) is 0 Å². The van der Waals surface area contributed by atoms with E-state index in [1.54, 1.807) is 5.09 Å². The van der Waals surface area contributed by atoms with Gasteiger partial charge in [-0.25, -0.2) is 0 Å². The van der Waals surface area contributed by atoms with Crippen LogP contribution in [-0.4, -0.2) is 13.0 Å². The third kappa shape index (κ3) is 4.14. The van der Waals surface area contributed by atoms with E-state index in [9.17, 15) is 14.3 Å². The first-order chi connectivity index (χ1) is 3.98. The molecule has 0 aromatic heterocycles.